The topological polar surface area (TPSA) is 66.6 Å². The van der Waals surface area contributed by atoms with Gasteiger partial charge in [-0.3, -0.25) is 9.59 Å². The van der Waals surface area contributed by atoms with E-state index in [0.717, 1.165) is 16.6 Å². The third kappa shape index (κ3) is 3.80. The third-order valence-corrected chi connectivity index (χ3v) is 5.01. The molecule has 1 aromatic heterocycles. The first-order valence-corrected chi connectivity index (χ1v) is 8.12. The summed E-state index contributed by atoms with van der Waals surface area (Å²) in [7, 11) is 1.66. The summed E-state index contributed by atoms with van der Waals surface area (Å²) in [6.07, 6.45) is 1.67. The van der Waals surface area contributed by atoms with Gasteiger partial charge in [-0.25, -0.2) is 0 Å². The first-order valence-electron chi connectivity index (χ1n) is 6.51. The van der Waals surface area contributed by atoms with Crippen LogP contribution in [0.1, 0.15) is 22.5 Å². The molecule has 0 radical (unpaired) electrons. The van der Waals surface area contributed by atoms with E-state index in [1.165, 1.54) is 16.2 Å². The molecular weight excluding hydrogens is 342 g/mol. The number of amides is 2. The molecular formula is C13H18BrN3O2S. The standard InChI is InChI=1S/C13H18BrN3O2S/c1-16(13(19)10-2-3-11(14)20-10)8-12(18)17-6-4-9(15)5-7-17/h2-3,9H,4-8,15H2,1H3. The summed E-state index contributed by atoms with van der Waals surface area (Å²) in [6.45, 7) is 1.49. The molecule has 7 heteroatoms. The summed E-state index contributed by atoms with van der Waals surface area (Å²) in [6, 6.07) is 3.79. The van der Waals surface area contributed by atoms with Gasteiger partial charge in [-0.2, -0.15) is 0 Å². The van der Waals surface area contributed by atoms with Gasteiger partial charge in [-0.05, 0) is 40.9 Å². The van der Waals surface area contributed by atoms with Crippen molar-refractivity contribution in [1.82, 2.24) is 9.80 Å². The number of halogens is 1. The Kier molecular flexibility index (Phi) is 5.17. The molecule has 2 N–H and O–H groups in total. The fourth-order valence-corrected chi connectivity index (χ4v) is 3.52. The molecule has 20 heavy (non-hydrogen) atoms. The predicted octanol–water partition coefficient (Wildman–Crippen LogP) is 1.53. The van der Waals surface area contributed by atoms with Crippen molar-refractivity contribution >= 4 is 39.1 Å². The average molecular weight is 360 g/mol. The van der Waals surface area contributed by atoms with E-state index in [-0.39, 0.29) is 24.4 Å². The summed E-state index contributed by atoms with van der Waals surface area (Å²) >= 11 is 4.70. The second-order valence-electron chi connectivity index (χ2n) is 4.98. The lowest BCUT2D eigenvalue weighted by atomic mass is 10.1. The van der Waals surface area contributed by atoms with Crippen molar-refractivity contribution in [2.24, 2.45) is 5.73 Å². The zero-order valence-corrected chi connectivity index (χ0v) is 13.7. The molecule has 2 amide bonds. The number of carbonyl (C=O) groups excluding carboxylic acids is 2. The van der Waals surface area contributed by atoms with Crippen LogP contribution in [0.15, 0.2) is 15.9 Å². The van der Waals surface area contributed by atoms with E-state index in [1.54, 1.807) is 18.0 Å². The molecule has 0 spiro atoms. The van der Waals surface area contributed by atoms with Crippen LogP contribution < -0.4 is 5.73 Å². The number of hydrogen-bond acceptors (Lipinski definition) is 4. The van der Waals surface area contributed by atoms with Crippen molar-refractivity contribution in [3.05, 3.63) is 20.8 Å². The van der Waals surface area contributed by atoms with E-state index in [9.17, 15) is 9.59 Å². The van der Waals surface area contributed by atoms with Gasteiger partial charge >= 0.3 is 0 Å². The Labute approximate surface area is 130 Å². The molecule has 2 rings (SSSR count). The van der Waals surface area contributed by atoms with Gasteiger partial charge in [0, 0.05) is 26.2 Å². The number of nitrogens with two attached hydrogens (primary N) is 1. The van der Waals surface area contributed by atoms with Crippen molar-refractivity contribution in [3.8, 4) is 0 Å². The van der Waals surface area contributed by atoms with Crippen molar-refractivity contribution in [2.45, 2.75) is 18.9 Å². The highest BCUT2D eigenvalue weighted by Gasteiger charge is 2.23. The zero-order valence-electron chi connectivity index (χ0n) is 11.3. The van der Waals surface area contributed by atoms with Gasteiger partial charge in [0.2, 0.25) is 5.91 Å². The minimum absolute atomic E-state index is 0.0108. The van der Waals surface area contributed by atoms with Crippen molar-refractivity contribution in [1.29, 1.82) is 0 Å². The number of piperidine rings is 1. The van der Waals surface area contributed by atoms with Gasteiger partial charge in [0.25, 0.3) is 5.91 Å². The fraction of sp³-hybridized carbons (Fsp3) is 0.538. The Bertz CT molecular complexity index is 498. The normalized spacial score (nSPS) is 16.2. The smallest absolute Gasteiger partial charge is 0.264 e. The lowest BCUT2D eigenvalue weighted by molar-refractivity contribution is -0.132. The number of nitrogens with zero attached hydrogens (tertiary/aromatic N) is 2. The maximum atomic E-state index is 12.2. The van der Waals surface area contributed by atoms with Crippen LogP contribution in [-0.2, 0) is 4.79 Å². The van der Waals surface area contributed by atoms with Crippen LogP contribution in [-0.4, -0.2) is 54.3 Å². The van der Waals surface area contributed by atoms with Crippen LogP contribution in [0.2, 0.25) is 0 Å². The van der Waals surface area contributed by atoms with Crippen LogP contribution >= 0.6 is 27.3 Å². The van der Waals surface area contributed by atoms with E-state index in [2.05, 4.69) is 15.9 Å². The molecule has 1 fully saturated rings. The van der Waals surface area contributed by atoms with Crippen LogP contribution in [0.4, 0.5) is 0 Å². The van der Waals surface area contributed by atoms with Gasteiger partial charge < -0.3 is 15.5 Å². The van der Waals surface area contributed by atoms with Gasteiger partial charge in [0.15, 0.2) is 0 Å². The second-order valence-corrected chi connectivity index (χ2v) is 7.45. The monoisotopic (exact) mass is 359 g/mol. The highest BCUT2D eigenvalue weighted by atomic mass is 79.9. The van der Waals surface area contributed by atoms with Crippen LogP contribution in [0.25, 0.3) is 0 Å². The molecule has 0 bridgehead atoms. The number of likely N-dealkylation sites (N-methyl/N-ethyl adjacent to an activating group) is 1. The number of likely N-dealkylation sites (tertiary alicyclic amines) is 1. The zero-order chi connectivity index (χ0) is 14.7. The van der Waals surface area contributed by atoms with Crippen LogP contribution in [0.3, 0.4) is 0 Å². The lowest BCUT2D eigenvalue weighted by Gasteiger charge is -2.31. The maximum absolute atomic E-state index is 12.2. The number of carbonyl (C=O) groups is 2. The molecule has 0 saturated carbocycles. The van der Waals surface area contributed by atoms with E-state index < -0.39 is 0 Å². The molecule has 110 valence electrons. The Balaban J connectivity index is 1.89. The summed E-state index contributed by atoms with van der Waals surface area (Å²) in [5.74, 6) is -0.133. The maximum Gasteiger partial charge on any atom is 0.264 e. The molecule has 5 nitrogen and oxygen atoms in total. The largest absolute Gasteiger partial charge is 0.341 e. The minimum atomic E-state index is -0.122. The predicted molar refractivity (Wildman–Crippen MR) is 82.8 cm³/mol. The Hall–Kier alpha value is -0.920. The van der Waals surface area contributed by atoms with Crippen LogP contribution in [0.5, 0.6) is 0 Å². The molecule has 0 unspecified atom stereocenters. The first kappa shape index (κ1) is 15.5. The Morgan fingerprint density at radius 1 is 1.45 bits per heavy atom. The molecule has 0 aromatic carbocycles. The summed E-state index contributed by atoms with van der Waals surface area (Å²) < 4.78 is 0.908. The van der Waals surface area contributed by atoms with Gasteiger partial charge in [0.05, 0.1) is 15.2 Å². The van der Waals surface area contributed by atoms with E-state index >= 15 is 0 Å². The quantitative estimate of drug-likeness (QED) is 0.889. The molecule has 2 heterocycles. The molecule has 1 saturated heterocycles. The Morgan fingerprint density at radius 3 is 2.65 bits per heavy atom. The van der Waals surface area contributed by atoms with E-state index in [0.29, 0.717) is 18.0 Å². The minimum Gasteiger partial charge on any atom is -0.341 e. The van der Waals surface area contributed by atoms with Gasteiger partial charge in [-0.15, -0.1) is 11.3 Å². The van der Waals surface area contributed by atoms with Crippen molar-refractivity contribution in [2.75, 3.05) is 26.7 Å². The first-order chi connectivity index (χ1) is 9.47. The number of hydrogen-bond donors (Lipinski definition) is 1. The molecule has 1 aliphatic heterocycles. The molecule has 0 atom stereocenters. The van der Waals surface area contributed by atoms with Gasteiger partial charge in [-0.1, -0.05) is 0 Å². The molecule has 1 aromatic rings. The summed E-state index contributed by atoms with van der Waals surface area (Å²) in [4.78, 5) is 28.2. The Morgan fingerprint density at radius 2 is 2.10 bits per heavy atom. The van der Waals surface area contributed by atoms with Gasteiger partial charge in [0.1, 0.15) is 0 Å². The van der Waals surface area contributed by atoms with Crippen LogP contribution in [0, 0.1) is 0 Å². The molecule has 1 aliphatic rings. The fourth-order valence-electron chi connectivity index (χ4n) is 2.14. The number of thiophene rings is 1. The highest BCUT2D eigenvalue weighted by molar-refractivity contribution is 9.11. The third-order valence-electron chi connectivity index (χ3n) is 3.40. The van der Waals surface area contributed by atoms with Crippen molar-refractivity contribution in [3.63, 3.8) is 0 Å². The molecule has 0 aliphatic carbocycles. The highest BCUT2D eigenvalue weighted by Crippen LogP contribution is 2.23. The lowest BCUT2D eigenvalue weighted by Crippen LogP contribution is -2.47. The van der Waals surface area contributed by atoms with E-state index in [4.69, 9.17) is 5.73 Å². The summed E-state index contributed by atoms with van der Waals surface area (Å²) in [5.41, 5.74) is 5.82. The van der Waals surface area contributed by atoms with E-state index in [1.807, 2.05) is 6.07 Å². The van der Waals surface area contributed by atoms with Crippen molar-refractivity contribution < 1.29 is 9.59 Å². The SMILES string of the molecule is CN(CC(=O)N1CCC(N)CC1)C(=O)c1ccc(Br)s1. The summed E-state index contributed by atoms with van der Waals surface area (Å²) in [5, 5.41) is 0. The number of rotatable bonds is 3. The average Bonchev–Trinajstić information content (AvgIpc) is 2.85. The second kappa shape index (κ2) is 6.69.